The zero-order valence-electron chi connectivity index (χ0n) is 19.8. The third-order valence-corrected chi connectivity index (χ3v) is 7.60. The van der Waals surface area contributed by atoms with Crippen LogP contribution in [0.1, 0.15) is 87.1 Å². The van der Waals surface area contributed by atoms with Crippen LogP contribution in [0, 0.1) is 0 Å². The minimum atomic E-state index is -0.562. The van der Waals surface area contributed by atoms with Crippen LogP contribution in [-0.4, -0.2) is 36.6 Å². The summed E-state index contributed by atoms with van der Waals surface area (Å²) in [4.78, 5) is 0. The summed E-state index contributed by atoms with van der Waals surface area (Å²) < 4.78 is 26.6. The van der Waals surface area contributed by atoms with E-state index in [4.69, 9.17) is 18.6 Å². The van der Waals surface area contributed by atoms with E-state index in [1.54, 1.807) is 0 Å². The first-order valence-electron chi connectivity index (χ1n) is 11.1. The zero-order valence-corrected chi connectivity index (χ0v) is 19.8. The van der Waals surface area contributed by atoms with Gasteiger partial charge in [0.1, 0.15) is 0 Å². The van der Waals surface area contributed by atoms with Crippen molar-refractivity contribution in [1.29, 1.82) is 0 Å². The highest BCUT2D eigenvalue weighted by Gasteiger charge is 2.69. The molecule has 2 aliphatic rings. The standard InChI is InChI=1S/C23H38B2O4/c1-10-11-17-23(18-15-13-12-14-16-18,24-26-19(2,3)20(4,5)27-24)25-28-21(6,7)22(8,9)29-25/h12-16H,10-11,17H2,1-9H3. The first-order chi connectivity index (χ1) is 13.3. The Labute approximate surface area is 178 Å². The van der Waals surface area contributed by atoms with Crippen molar-refractivity contribution in [3.63, 3.8) is 0 Å². The van der Waals surface area contributed by atoms with Crippen molar-refractivity contribution in [2.24, 2.45) is 0 Å². The fourth-order valence-electron chi connectivity index (χ4n) is 4.09. The van der Waals surface area contributed by atoms with Gasteiger partial charge in [0.25, 0.3) is 0 Å². The second kappa shape index (κ2) is 7.40. The molecule has 3 rings (SSSR count). The van der Waals surface area contributed by atoms with E-state index in [-0.39, 0.29) is 0 Å². The maximum atomic E-state index is 6.65. The molecule has 0 spiro atoms. The largest absolute Gasteiger partial charge is 0.466 e. The molecule has 0 saturated carbocycles. The predicted molar refractivity (Wildman–Crippen MR) is 120 cm³/mol. The average Bonchev–Trinajstić information content (AvgIpc) is 2.96. The van der Waals surface area contributed by atoms with Gasteiger partial charge in [0.05, 0.1) is 27.6 Å². The Balaban J connectivity index is 2.15. The molecule has 0 bridgehead atoms. The number of rotatable bonds is 6. The minimum Gasteiger partial charge on any atom is -0.403 e. The third kappa shape index (κ3) is 3.71. The summed E-state index contributed by atoms with van der Waals surface area (Å²) in [7, 11) is -0.924. The van der Waals surface area contributed by atoms with Crippen LogP contribution in [-0.2, 0) is 23.8 Å². The lowest BCUT2D eigenvalue weighted by molar-refractivity contribution is 0.00578. The predicted octanol–water partition coefficient (Wildman–Crippen LogP) is 5.38. The highest BCUT2D eigenvalue weighted by Crippen LogP contribution is 2.51. The van der Waals surface area contributed by atoms with Crippen LogP contribution in [0.15, 0.2) is 30.3 Å². The SMILES string of the molecule is CCCCC(B1OC(C)(C)C(C)(C)O1)(B1OC(C)(C)C(C)(C)O1)c1ccccc1. The Morgan fingerprint density at radius 2 is 1.07 bits per heavy atom. The quantitative estimate of drug-likeness (QED) is 0.602. The topological polar surface area (TPSA) is 36.9 Å². The molecule has 160 valence electrons. The fraction of sp³-hybridized carbons (Fsp3) is 0.739. The molecule has 2 heterocycles. The van der Waals surface area contributed by atoms with E-state index in [1.165, 1.54) is 0 Å². The molecule has 0 N–H and O–H groups in total. The highest BCUT2D eigenvalue weighted by molar-refractivity contribution is 6.71. The van der Waals surface area contributed by atoms with Crippen LogP contribution in [0.3, 0.4) is 0 Å². The molecule has 0 amide bonds. The summed E-state index contributed by atoms with van der Waals surface area (Å²) >= 11 is 0. The van der Waals surface area contributed by atoms with E-state index in [2.05, 4.69) is 86.6 Å². The van der Waals surface area contributed by atoms with Crippen molar-refractivity contribution in [1.82, 2.24) is 0 Å². The van der Waals surface area contributed by atoms with Crippen molar-refractivity contribution >= 4 is 14.2 Å². The summed E-state index contributed by atoms with van der Waals surface area (Å²) in [5.74, 6) is 0. The van der Waals surface area contributed by atoms with Gasteiger partial charge in [0.15, 0.2) is 0 Å². The lowest BCUT2D eigenvalue weighted by Gasteiger charge is -2.37. The normalized spacial score (nSPS) is 24.9. The van der Waals surface area contributed by atoms with Gasteiger partial charge in [-0.2, -0.15) is 0 Å². The second-order valence-electron chi connectivity index (χ2n) is 10.7. The molecular weight excluding hydrogens is 362 g/mol. The van der Waals surface area contributed by atoms with E-state index in [9.17, 15) is 0 Å². The van der Waals surface area contributed by atoms with Gasteiger partial charge in [-0.15, -0.1) is 0 Å². The van der Waals surface area contributed by atoms with Crippen LogP contribution >= 0.6 is 0 Å². The molecule has 1 aromatic rings. The Morgan fingerprint density at radius 1 is 0.690 bits per heavy atom. The van der Waals surface area contributed by atoms with Crippen LogP contribution in [0.25, 0.3) is 0 Å². The Hall–Kier alpha value is -0.810. The van der Waals surface area contributed by atoms with Crippen molar-refractivity contribution in [3.8, 4) is 0 Å². The molecule has 0 radical (unpaired) electrons. The van der Waals surface area contributed by atoms with E-state index in [1.807, 2.05) is 6.07 Å². The molecule has 2 aliphatic heterocycles. The van der Waals surface area contributed by atoms with Gasteiger partial charge in [-0.25, -0.2) is 0 Å². The van der Waals surface area contributed by atoms with Crippen molar-refractivity contribution in [2.45, 2.75) is 109 Å². The molecule has 0 atom stereocenters. The summed E-state index contributed by atoms with van der Waals surface area (Å²) in [6, 6.07) is 10.5. The lowest BCUT2D eigenvalue weighted by atomic mass is 9.35. The Kier molecular flexibility index (Phi) is 5.84. The van der Waals surface area contributed by atoms with E-state index in [0.717, 1.165) is 24.8 Å². The fourth-order valence-corrected chi connectivity index (χ4v) is 4.09. The zero-order chi connectivity index (χ0) is 21.7. The maximum absolute atomic E-state index is 6.65. The molecule has 6 heteroatoms. The molecule has 0 aliphatic carbocycles. The lowest BCUT2D eigenvalue weighted by Crippen LogP contribution is -2.58. The van der Waals surface area contributed by atoms with Crippen LogP contribution in [0.2, 0.25) is 0 Å². The van der Waals surface area contributed by atoms with Gasteiger partial charge in [-0.05, 0) is 67.4 Å². The Bertz CT molecular complexity index is 647. The molecule has 2 saturated heterocycles. The van der Waals surface area contributed by atoms with Crippen molar-refractivity contribution in [2.75, 3.05) is 0 Å². The van der Waals surface area contributed by atoms with Crippen LogP contribution in [0.5, 0.6) is 0 Å². The monoisotopic (exact) mass is 400 g/mol. The minimum absolute atomic E-state index is 0.423. The molecule has 4 nitrogen and oxygen atoms in total. The molecule has 0 unspecified atom stereocenters. The summed E-state index contributed by atoms with van der Waals surface area (Å²) in [6.07, 6.45) is 2.97. The number of unbranched alkanes of at least 4 members (excludes halogenated alkanes) is 1. The van der Waals surface area contributed by atoms with E-state index in [0.29, 0.717) is 0 Å². The van der Waals surface area contributed by atoms with Gasteiger partial charge in [-0.1, -0.05) is 50.1 Å². The highest BCUT2D eigenvalue weighted by atomic mass is 16.7. The van der Waals surface area contributed by atoms with E-state index >= 15 is 0 Å². The molecule has 29 heavy (non-hydrogen) atoms. The van der Waals surface area contributed by atoms with Crippen molar-refractivity contribution < 1.29 is 18.6 Å². The summed E-state index contributed by atoms with van der Waals surface area (Å²) in [5.41, 5.74) is -0.548. The number of benzene rings is 1. The average molecular weight is 400 g/mol. The van der Waals surface area contributed by atoms with Gasteiger partial charge < -0.3 is 18.6 Å². The molecule has 2 fully saturated rings. The third-order valence-electron chi connectivity index (χ3n) is 7.60. The molecule has 0 aromatic heterocycles. The van der Waals surface area contributed by atoms with Gasteiger partial charge in [0, 0.05) is 0 Å². The summed E-state index contributed by atoms with van der Waals surface area (Å²) in [5, 5.41) is -0.562. The first kappa shape index (κ1) is 22.9. The molecular formula is C23H38B2O4. The van der Waals surface area contributed by atoms with Gasteiger partial charge >= 0.3 is 14.2 Å². The second-order valence-corrected chi connectivity index (χ2v) is 10.7. The van der Waals surface area contributed by atoms with E-state index < -0.39 is 41.9 Å². The smallest absolute Gasteiger partial charge is 0.403 e. The maximum Gasteiger partial charge on any atom is 0.466 e. The molecule has 1 aromatic carbocycles. The Morgan fingerprint density at radius 3 is 1.41 bits per heavy atom. The van der Waals surface area contributed by atoms with Gasteiger partial charge in [-0.3, -0.25) is 0 Å². The van der Waals surface area contributed by atoms with Gasteiger partial charge in [0.2, 0.25) is 0 Å². The van der Waals surface area contributed by atoms with Crippen LogP contribution in [0.4, 0.5) is 0 Å². The number of hydrogen-bond donors (Lipinski definition) is 0. The summed E-state index contributed by atoms with van der Waals surface area (Å²) in [6.45, 7) is 19.0. The first-order valence-corrected chi connectivity index (χ1v) is 11.1. The van der Waals surface area contributed by atoms with Crippen molar-refractivity contribution in [3.05, 3.63) is 35.9 Å². The van der Waals surface area contributed by atoms with Crippen LogP contribution < -0.4 is 0 Å². The number of hydrogen-bond acceptors (Lipinski definition) is 4.